The van der Waals surface area contributed by atoms with Crippen molar-refractivity contribution in [3.63, 3.8) is 0 Å². The molecule has 5 nitrogen and oxygen atoms in total. The van der Waals surface area contributed by atoms with Gasteiger partial charge in [-0.1, -0.05) is 26.0 Å². The van der Waals surface area contributed by atoms with E-state index < -0.39 is 0 Å². The molecular formula is C21H23FN2O3. The molecule has 0 aliphatic carbocycles. The summed E-state index contributed by atoms with van der Waals surface area (Å²) in [5.74, 6) is 0.732. The van der Waals surface area contributed by atoms with E-state index in [2.05, 4.69) is 5.10 Å². The quantitative estimate of drug-likeness (QED) is 0.807. The number of hydrogen-bond acceptors (Lipinski definition) is 4. The van der Waals surface area contributed by atoms with E-state index in [0.29, 0.717) is 23.6 Å². The van der Waals surface area contributed by atoms with Crippen LogP contribution in [0, 0.1) is 11.2 Å². The van der Waals surface area contributed by atoms with Crippen LogP contribution in [-0.4, -0.2) is 37.4 Å². The number of rotatable bonds is 5. The third kappa shape index (κ3) is 3.94. The highest BCUT2D eigenvalue weighted by Gasteiger charge is 2.37. The smallest absolute Gasteiger partial charge is 0.247 e. The lowest BCUT2D eigenvalue weighted by Crippen LogP contribution is -2.32. The Morgan fingerprint density at radius 3 is 2.56 bits per heavy atom. The van der Waals surface area contributed by atoms with Crippen molar-refractivity contribution in [2.45, 2.75) is 20.3 Å². The summed E-state index contributed by atoms with van der Waals surface area (Å²) in [6.07, 6.45) is 0.108. The molecule has 2 aromatic carbocycles. The molecule has 1 aliphatic heterocycles. The standard InChI is InChI=1S/C21H23FN2O3/c1-21(2)13-24(19(25)11-14-6-5-7-16(22)10-14)23-20(21)15-8-9-17(26-3)18(12-15)27-4/h5-10,12H,11,13H2,1-4H3. The maximum absolute atomic E-state index is 13.4. The molecule has 0 fully saturated rings. The van der Waals surface area contributed by atoms with Crippen LogP contribution in [-0.2, 0) is 11.2 Å². The molecule has 0 bridgehead atoms. The van der Waals surface area contributed by atoms with Gasteiger partial charge in [0, 0.05) is 11.0 Å². The van der Waals surface area contributed by atoms with E-state index in [-0.39, 0.29) is 23.6 Å². The van der Waals surface area contributed by atoms with Crippen molar-refractivity contribution in [1.29, 1.82) is 0 Å². The first-order chi connectivity index (χ1) is 12.8. The second-order valence-corrected chi connectivity index (χ2v) is 7.16. The molecule has 1 heterocycles. The van der Waals surface area contributed by atoms with Crippen molar-refractivity contribution < 1.29 is 18.7 Å². The molecule has 27 heavy (non-hydrogen) atoms. The van der Waals surface area contributed by atoms with E-state index >= 15 is 0 Å². The van der Waals surface area contributed by atoms with Gasteiger partial charge in [0.1, 0.15) is 5.82 Å². The number of carbonyl (C=O) groups excluding carboxylic acids is 1. The summed E-state index contributed by atoms with van der Waals surface area (Å²) < 4.78 is 24.0. The lowest BCUT2D eigenvalue weighted by molar-refractivity contribution is -0.130. The van der Waals surface area contributed by atoms with Gasteiger partial charge in [0.05, 0.1) is 32.9 Å². The van der Waals surface area contributed by atoms with Crippen LogP contribution in [0.3, 0.4) is 0 Å². The van der Waals surface area contributed by atoms with Gasteiger partial charge in [0.15, 0.2) is 11.5 Å². The molecule has 3 rings (SSSR count). The SMILES string of the molecule is COc1ccc(C2=NN(C(=O)Cc3cccc(F)c3)CC2(C)C)cc1OC. The third-order valence-electron chi connectivity index (χ3n) is 4.60. The minimum absolute atomic E-state index is 0.108. The van der Waals surface area contributed by atoms with Gasteiger partial charge in [-0.3, -0.25) is 4.79 Å². The number of halogens is 1. The first kappa shape index (κ1) is 18.9. The van der Waals surface area contributed by atoms with E-state index in [1.165, 1.54) is 17.1 Å². The minimum atomic E-state index is -0.350. The second kappa shape index (κ2) is 7.39. The van der Waals surface area contributed by atoms with E-state index in [1.54, 1.807) is 26.4 Å². The largest absolute Gasteiger partial charge is 0.493 e. The number of nitrogens with zero attached hydrogens (tertiary/aromatic N) is 2. The van der Waals surface area contributed by atoms with E-state index in [1.807, 2.05) is 32.0 Å². The van der Waals surface area contributed by atoms with Gasteiger partial charge in [-0.15, -0.1) is 0 Å². The van der Waals surface area contributed by atoms with Crippen LogP contribution in [0.1, 0.15) is 25.0 Å². The van der Waals surface area contributed by atoms with E-state index in [0.717, 1.165) is 11.3 Å². The molecule has 6 heteroatoms. The fourth-order valence-electron chi connectivity index (χ4n) is 3.23. The molecule has 1 amide bonds. The van der Waals surface area contributed by atoms with Gasteiger partial charge >= 0.3 is 0 Å². The number of benzene rings is 2. The van der Waals surface area contributed by atoms with Gasteiger partial charge in [0.2, 0.25) is 5.91 Å². The monoisotopic (exact) mass is 370 g/mol. The average Bonchev–Trinajstić information content (AvgIpc) is 2.96. The molecule has 0 N–H and O–H groups in total. The molecule has 0 saturated carbocycles. The van der Waals surface area contributed by atoms with Gasteiger partial charge in [-0.25, -0.2) is 9.40 Å². The van der Waals surface area contributed by atoms with Gasteiger partial charge < -0.3 is 9.47 Å². The average molecular weight is 370 g/mol. The molecule has 0 atom stereocenters. The summed E-state index contributed by atoms with van der Waals surface area (Å²) in [6, 6.07) is 11.7. The van der Waals surface area contributed by atoms with Gasteiger partial charge in [-0.05, 0) is 35.9 Å². The Kier molecular flexibility index (Phi) is 5.17. The molecule has 1 aliphatic rings. The molecular weight excluding hydrogens is 347 g/mol. The highest BCUT2D eigenvalue weighted by Crippen LogP contribution is 2.35. The Bertz CT molecular complexity index is 893. The molecule has 0 saturated heterocycles. The molecule has 0 spiro atoms. The van der Waals surface area contributed by atoms with Crippen molar-refractivity contribution >= 4 is 11.6 Å². The normalized spacial score (nSPS) is 15.4. The lowest BCUT2D eigenvalue weighted by atomic mass is 9.84. The summed E-state index contributed by atoms with van der Waals surface area (Å²) in [7, 11) is 3.17. The number of amides is 1. The van der Waals surface area contributed by atoms with E-state index in [9.17, 15) is 9.18 Å². The summed E-state index contributed by atoms with van der Waals surface area (Å²) in [5.41, 5.74) is 1.99. The lowest BCUT2D eigenvalue weighted by Gasteiger charge is -2.21. The Balaban J connectivity index is 1.86. The zero-order valence-corrected chi connectivity index (χ0v) is 16.0. The summed E-state index contributed by atoms with van der Waals surface area (Å²) >= 11 is 0. The number of hydrazone groups is 1. The number of ether oxygens (including phenoxy) is 2. The van der Waals surface area contributed by atoms with E-state index in [4.69, 9.17) is 9.47 Å². The summed E-state index contributed by atoms with van der Waals surface area (Å²) in [6.45, 7) is 4.54. The molecule has 0 unspecified atom stereocenters. The fraction of sp³-hybridized carbons (Fsp3) is 0.333. The topological polar surface area (TPSA) is 51.1 Å². The van der Waals surface area contributed by atoms with Crippen LogP contribution < -0.4 is 9.47 Å². The Morgan fingerprint density at radius 1 is 1.15 bits per heavy atom. The Labute approximate surface area is 158 Å². The predicted octanol–water partition coefficient (Wildman–Crippen LogP) is 3.66. The molecule has 2 aromatic rings. The molecule has 142 valence electrons. The van der Waals surface area contributed by atoms with Crippen LogP contribution in [0.25, 0.3) is 0 Å². The van der Waals surface area contributed by atoms with Gasteiger partial charge in [0.25, 0.3) is 0 Å². The maximum Gasteiger partial charge on any atom is 0.247 e. The molecule has 0 aromatic heterocycles. The summed E-state index contributed by atoms with van der Waals surface area (Å²) in [5, 5.41) is 6.04. The van der Waals surface area contributed by atoms with Crippen molar-refractivity contribution in [1.82, 2.24) is 5.01 Å². The van der Waals surface area contributed by atoms with Crippen LogP contribution in [0.5, 0.6) is 11.5 Å². The van der Waals surface area contributed by atoms with Crippen molar-refractivity contribution in [3.05, 3.63) is 59.4 Å². The van der Waals surface area contributed by atoms with Crippen molar-refractivity contribution in [2.75, 3.05) is 20.8 Å². The summed E-state index contributed by atoms with van der Waals surface area (Å²) in [4.78, 5) is 12.7. The van der Waals surface area contributed by atoms with Crippen molar-refractivity contribution in [3.8, 4) is 11.5 Å². The minimum Gasteiger partial charge on any atom is -0.493 e. The first-order valence-corrected chi connectivity index (χ1v) is 8.70. The van der Waals surface area contributed by atoms with Gasteiger partial charge in [-0.2, -0.15) is 5.10 Å². The highest BCUT2D eigenvalue weighted by atomic mass is 19.1. The zero-order chi connectivity index (χ0) is 19.6. The van der Waals surface area contributed by atoms with Crippen molar-refractivity contribution in [2.24, 2.45) is 10.5 Å². The van der Waals surface area contributed by atoms with Crippen LogP contribution in [0.2, 0.25) is 0 Å². The number of carbonyl (C=O) groups is 1. The zero-order valence-electron chi connectivity index (χ0n) is 16.0. The predicted molar refractivity (Wildman–Crippen MR) is 102 cm³/mol. The molecule has 0 radical (unpaired) electrons. The first-order valence-electron chi connectivity index (χ1n) is 8.70. The van der Waals surface area contributed by atoms with Crippen LogP contribution in [0.4, 0.5) is 4.39 Å². The number of hydrogen-bond donors (Lipinski definition) is 0. The highest BCUT2D eigenvalue weighted by molar-refractivity contribution is 6.06. The van der Waals surface area contributed by atoms with Crippen LogP contribution >= 0.6 is 0 Å². The second-order valence-electron chi connectivity index (χ2n) is 7.16. The Morgan fingerprint density at radius 2 is 1.89 bits per heavy atom. The maximum atomic E-state index is 13.4. The number of methoxy groups -OCH3 is 2. The Hall–Kier alpha value is -2.89. The van der Waals surface area contributed by atoms with Crippen LogP contribution in [0.15, 0.2) is 47.6 Å². The fourth-order valence-corrected chi connectivity index (χ4v) is 3.23. The third-order valence-corrected chi connectivity index (χ3v) is 4.60.